The van der Waals surface area contributed by atoms with Gasteiger partial charge >= 0.3 is 0 Å². The first-order valence-electron chi connectivity index (χ1n) is 7.75. The highest BCUT2D eigenvalue weighted by Crippen LogP contribution is 2.50. The predicted molar refractivity (Wildman–Crippen MR) is 91.5 cm³/mol. The van der Waals surface area contributed by atoms with Crippen LogP contribution in [-0.2, 0) is 11.2 Å². The van der Waals surface area contributed by atoms with Gasteiger partial charge in [-0.15, -0.1) is 0 Å². The number of nitrogens with one attached hydrogen (secondary N) is 1. The Hall–Kier alpha value is -1.80. The zero-order chi connectivity index (χ0) is 15.7. The minimum absolute atomic E-state index is 0.0317. The van der Waals surface area contributed by atoms with Gasteiger partial charge in [0.25, 0.3) is 0 Å². The fourth-order valence-electron chi connectivity index (χ4n) is 3.02. The maximum atomic E-state index is 12.5. The van der Waals surface area contributed by atoms with Gasteiger partial charge in [0.2, 0.25) is 5.91 Å². The first kappa shape index (κ1) is 15.1. The molecule has 0 aliphatic heterocycles. The Balaban J connectivity index is 1.74. The molecular weight excluding hydrogens is 294 g/mol. The number of hydrogen-bond acceptors (Lipinski definition) is 1. The molecule has 1 N–H and O–H groups in total. The lowest BCUT2D eigenvalue weighted by Gasteiger charge is -2.13. The molecule has 2 aromatic rings. The van der Waals surface area contributed by atoms with E-state index >= 15 is 0 Å². The zero-order valence-electron chi connectivity index (χ0n) is 12.9. The molecule has 1 aliphatic rings. The highest BCUT2D eigenvalue weighted by molar-refractivity contribution is 6.31. The molecule has 1 amide bonds. The van der Waals surface area contributed by atoms with E-state index in [1.807, 2.05) is 43.3 Å². The number of carbonyl (C=O) groups excluding carboxylic acids is 1. The summed E-state index contributed by atoms with van der Waals surface area (Å²) >= 11 is 6.23. The molecule has 0 saturated heterocycles. The number of carbonyl (C=O) groups is 1. The van der Waals surface area contributed by atoms with Gasteiger partial charge in [0, 0.05) is 16.6 Å². The van der Waals surface area contributed by atoms with E-state index in [-0.39, 0.29) is 17.7 Å². The van der Waals surface area contributed by atoms with E-state index < -0.39 is 0 Å². The highest BCUT2D eigenvalue weighted by atomic mass is 35.5. The summed E-state index contributed by atoms with van der Waals surface area (Å²) in [5.41, 5.74) is 4.36. The fraction of sp³-hybridized carbons (Fsp3) is 0.316. The number of aryl methyl sites for hydroxylation is 2. The number of rotatable bonds is 4. The summed E-state index contributed by atoms with van der Waals surface area (Å²) in [6, 6.07) is 13.9. The second-order valence-electron chi connectivity index (χ2n) is 5.92. The van der Waals surface area contributed by atoms with Crippen LogP contribution in [-0.4, -0.2) is 5.91 Å². The maximum Gasteiger partial charge on any atom is 0.228 e. The SMILES string of the molecule is CCc1cccc(C)c1NC(=O)C1CC1c1ccccc1Cl. The summed E-state index contributed by atoms with van der Waals surface area (Å²) in [5, 5.41) is 3.89. The van der Waals surface area contributed by atoms with Crippen LogP contribution in [0.4, 0.5) is 5.69 Å². The van der Waals surface area contributed by atoms with Gasteiger partial charge in [-0.3, -0.25) is 4.79 Å². The van der Waals surface area contributed by atoms with Crippen molar-refractivity contribution in [2.24, 2.45) is 5.92 Å². The van der Waals surface area contributed by atoms with Crippen LogP contribution in [0.25, 0.3) is 0 Å². The van der Waals surface area contributed by atoms with Gasteiger partial charge < -0.3 is 5.32 Å². The van der Waals surface area contributed by atoms with Crippen molar-refractivity contribution in [1.29, 1.82) is 0 Å². The van der Waals surface area contributed by atoms with E-state index in [2.05, 4.69) is 18.3 Å². The number of halogens is 1. The quantitative estimate of drug-likeness (QED) is 0.850. The lowest BCUT2D eigenvalue weighted by molar-refractivity contribution is -0.117. The first-order valence-corrected chi connectivity index (χ1v) is 8.13. The Morgan fingerprint density at radius 3 is 2.73 bits per heavy atom. The number of amides is 1. The molecule has 0 spiro atoms. The molecule has 2 unspecified atom stereocenters. The van der Waals surface area contributed by atoms with E-state index in [4.69, 9.17) is 11.6 Å². The van der Waals surface area contributed by atoms with Gasteiger partial charge in [-0.1, -0.05) is 54.9 Å². The van der Waals surface area contributed by atoms with Gasteiger partial charge in [0.05, 0.1) is 0 Å². The lowest BCUT2D eigenvalue weighted by atomic mass is 10.1. The fourth-order valence-corrected chi connectivity index (χ4v) is 3.30. The average Bonchev–Trinajstić information content (AvgIpc) is 3.30. The lowest BCUT2D eigenvalue weighted by Crippen LogP contribution is -2.16. The smallest absolute Gasteiger partial charge is 0.228 e. The molecule has 1 aliphatic carbocycles. The monoisotopic (exact) mass is 313 g/mol. The summed E-state index contributed by atoms with van der Waals surface area (Å²) in [4.78, 5) is 12.5. The van der Waals surface area contributed by atoms with Crippen LogP contribution in [0.3, 0.4) is 0 Å². The third-order valence-electron chi connectivity index (χ3n) is 4.42. The van der Waals surface area contributed by atoms with Gasteiger partial charge in [0.1, 0.15) is 0 Å². The van der Waals surface area contributed by atoms with E-state index in [0.717, 1.165) is 34.7 Å². The van der Waals surface area contributed by atoms with Crippen molar-refractivity contribution >= 4 is 23.2 Å². The number of anilines is 1. The van der Waals surface area contributed by atoms with Gasteiger partial charge in [0.15, 0.2) is 0 Å². The van der Waals surface area contributed by atoms with Gasteiger partial charge in [-0.25, -0.2) is 0 Å². The normalized spacial score (nSPS) is 19.8. The topological polar surface area (TPSA) is 29.1 Å². The molecule has 0 radical (unpaired) electrons. The van der Waals surface area contributed by atoms with Crippen LogP contribution in [0.5, 0.6) is 0 Å². The second kappa shape index (κ2) is 6.13. The maximum absolute atomic E-state index is 12.5. The number of benzene rings is 2. The molecule has 3 rings (SSSR count). The van der Waals surface area contributed by atoms with Gasteiger partial charge in [-0.2, -0.15) is 0 Å². The zero-order valence-corrected chi connectivity index (χ0v) is 13.7. The standard InChI is InChI=1S/C19H20ClNO/c1-3-13-8-6-7-12(2)18(13)21-19(22)16-11-15(16)14-9-4-5-10-17(14)20/h4-10,15-16H,3,11H2,1-2H3,(H,21,22). The van der Waals surface area contributed by atoms with Crippen LogP contribution in [0.2, 0.25) is 5.02 Å². The van der Waals surface area contributed by atoms with Crippen molar-refractivity contribution in [2.75, 3.05) is 5.32 Å². The molecule has 2 nitrogen and oxygen atoms in total. The van der Waals surface area contributed by atoms with Gasteiger partial charge in [-0.05, 0) is 48.4 Å². The summed E-state index contributed by atoms with van der Waals surface area (Å²) < 4.78 is 0. The molecule has 1 saturated carbocycles. The molecule has 114 valence electrons. The van der Waals surface area contributed by atoms with E-state index in [9.17, 15) is 4.79 Å². The van der Waals surface area contributed by atoms with Crippen LogP contribution in [0.15, 0.2) is 42.5 Å². The summed E-state index contributed by atoms with van der Waals surface area (Å²) in [5.74, 6) is 0.390. The number of para-hydroxylation sites is 1. The molecule has 2 atom stereocenters. The van der Waals surface area contributed by atoms with Crippen molar-refractivity contribution in [1.82, 2.24) is 0 Å². The van der Waals surface area contributed by atoms with Crippen LogP contribution in [0.1, 0.15) is 36.0 Å². The molecule has 2 aromatic carbocycles. The van der Waals surface area contributed by atoms with Crippen molar-refractivity contribution in [3.05, 3.63) is 64.2 Å². The number of hydrogen-bond donors (Lipinski definition) is 1. The minimum Gasteiger partial charge on any atom is -0.325 e. The molecular formula is C19H20ClNO. The molecule has 0 aromatic heterocycles. The van der Waals surface area contributed by atoms with Crippen LogP contribution in [0, 0.1) is 12.8 Å². The molecule has 0 heterocycles. The molecule has 1 fully saturated rings. The Morgan fingerprint density at radius 2 is 2.00 bits per heavy atom. The minimum atomic E-state index is 0.0317. The Morgan fingerprint density at radius 1 is 1.23 bits per heavy atom. The van der Waals surface area contributed by atoms with E-state index in [1.165, 1.54) is 5.56 Å². The molecule has 3 heteroatoms. The van der Waals surface area contributed by atoms with Crippen molar-refractivity contribution in [3.63, 3.8) is 0 Å². The second-order valence-corrected chi connectivity index (χ2v) is 6.33. The first-order chi connectivity index (χ1) is 10.6. The average molecular weight is 314 g/mol. The molecule has 22 heavy (non-hydrogen) atoms. The summed E-state index contributed by atoms with van der Waals surface area (Å²) in [6.45, 7) is 4.14. The molecule has 0 bridgehead atoms. The summed E-state index contributed by atoms with van der Waals surface area (Å²) in [7, 11) is 0. The van der Waals surface area contributed by atoms with E-state index in [0.29, 0.717) is 0 Å². The highest BCUT2D eigenvalue weighted by Gasteiger charge is 2.44. The predicted octanol–water partition coefficient (Wildman–Crippen LogP) is 4.95. The van der Waals surface area contributed by atoms with Crippen molar-refractivity contribution in [2.45, 2.75) is 32.6 Å². The third-order valence-corrected chi connectivity index (χ3v) is 4.76. The third kappa shape index (κ3) is 2.89. The Kier molecular flexibility index (Phi) is 4.21. The van der Waals surface area contributed by atoms with Crippen molar-refractivity contribution < 1.29 is 4.79 Å². The van der Waals surface area contributed by atoms with Crippen LogP contribution < -0.4 is 5.32 Å². The largest absolute Gasteiger partial charge is 0.325 e. The summed E-state index contributed by atoms with van der Waals surface area (Å²) in [6.07, 6.45) is 1.79. The Labute approximate surface area is 136 Å². The van der Waals surface area contributed by atoms with E-state index in [1.54, 1.807) is 0 Å². The van der Waals surface area contributed by atoms with Crippen molar-refractivity contribution in [3.8, 4) is 0 Å². The van der Waals surface area contributed by atoms with Crippen LogP contribution >= 0.6 is 11.6 Å². The Bertz CT molecular complexity index is 710.